The zero-order valence-electron chi connectivity index (χ0n) is 17.1. The number of ether oxygens (including phenoxy) is 1. The second kappa shape index (κ2) is 6.26. The Balaban J connectivity index is 1.70. The molecular formula is C24H36O2. The van der Waals surface area contributed by atoms with E-state index in [4.69, 9.17) is 4.74 Å². The van der Waals surface area contributed by atoms with E-state index in [9.17, 15) is 5.11 Å². The number of allylic oxidation sites excluding steroid dienone is 5. The molecule has 144 valence electrons. The molecule has 2 fully saturated rings. The van der Waals surface area contributed by atoms with Crippen molar-refractivity contribution in [1.82, 2.24) is 0 Å². The fraction of sp³-hybridized carbons (Fsp3) is 0.750. The summed E-state index contributed by atoms with van der Waals surface area (Å²) >= 11 is 0. The zero-order chi connectivity index (χ0) is 18.7. The van der Waals surface area contributed by atoms with Gasteiger partial charge in [-0.25, -0.2) is 0 Å². The van der Waals surface area contributed by atoms with Crippen molar-refractivity contribution in [2.75, 3.05) is 6.61 Å². The third kappa shape index (κ3) is 2.47. The van der Waals surface area contributed by atoms with Crippen molar-refractivity contribution in [1.29, 1.82) is 0 Å². The van der Waals surface area contributed by atoms with Crippen LogP contribution in [0.15, 0.2) is 35.6 Å². The Morgan fingerprint density at radius 1 is 1.35 bits per heavy atom. The van der Waals surface area contributed by atoms with Crippen molar-refractivity contribution in [2.45, 2.75) is 72.3 Å². The summed E-state index contributed by atoms with van der Waals surface area (Å²) in [7, 11) is 0. The molecule has 2 saturated carbocycles. The third-order valence-corrected chi connectivity index (χ3v) is 8.59. The van der Waals surface area contributed by atoms with Crippen molar-refractivity contribution in [3.63, 3.8) is 0 Å². The standard InChI is InChI=1S/C24H36O2/c1-6-26-17-11-12-23(4)16(13-17)7-8-18-20-10-9-19(15(2)3)24(20,5)14-21(25)22(18)23/h7,13,18-22,25H,2,6,8-12,14H2,1,3-5H3/t18-,19+,20-,21-,22+,23-,24+/m0/s1. The van der Waals surface area contributed by atoms with E-state index in [1.54, 1.807) is 0 Å². The molecule has 0 bridgehead atoms. The average Bonchev–Trinajstić information content (AvgIpc) is 2.91. The van der Waals surface area contributed by atoms with Gasteiger partial charge in [0.25, 0.3) is 0 Å². The highest BCUT2D eigenvalue weighted by atomic mass is 16.5. The molecule has 0 aromatic rings. The molecule has 4 aliphatic carbocycles. The minimum Gasteiger partial charge on any atom is -0.498 e. The van der Waals surface area contributed by atoms with Crippen LogP contribution in [0.25, 0.3) is 0 Å². The van der Waals surface area contributed by atoms with Crippen molar-refractivity contribution in [3.05, 3.63) is 35.6 Å². The van der Waals surface area contributed by atoms with Crippen molar-refractivity contribution < 1.29 is 9.84 Å². The number of hydrogen-bond acceptors (Lipinski definition) is 2. The van der Waals surface area contributed by atoms with Gasteiger partial charge in [0.2, 0.25) is 0 Å². The molecule has 0 saturated heterocycles. The largest absolute Gasteiger partial charge is 0.498 e. The highest BCUT2D eigenvalue weighted by Crippen LogP contribution is 2.66. The number of aliphatic hydroxyl groups excluding tert-OH is 1. The topological polar surface area (TPSA) is 29.5 Å². The summed E-state index contributed by atoms with van der Waals surface area (Å²) < 4.78 is 5.81. The predicted octanol–water partition coefficient (Wildman–Crippen LogP) is 5.64. The van der Waals surface area contributed by atoms with Gasteiger partial charge >= 0.3 is 0 Å². The van der Waals surface area contributed by atoms with Crippen molar-refractivity contribution in [2.24, 2.45) is 34.5 Å². The minimum absolute atomic E-state index is 0.103. The second-order valence-corrected chi connectivity index (χ2v) is 9.91. The van der Waals surface area contributed by atoms with Gasteiger partial charge in [-0.2, -0.15) is 0 Å². The van der Waals surface area contributed by atoms with Gasteiger partial charge in [-0.15, -0.1) is 0 Å². The first kappa shape index (κ1) is 18.3. The van der Waals surface area contributed by atoms with Crippen LogP contribution in [0.4, 0.5) is 0 Å². The lowest BCUT2D eigenvalue weighted by molar-refractivity contribution is -0.115. The van der Waals surface area contributed by atoms with E-state index in [1.807, 2.05) is 0 Å². The number of hydrogen-bond donors (Lipinski definition) is 1. The summed E-state index contributed by atoms with van der Waals surface area (Å²) in [4.78, 5) is 0. The molecule has 0 aromatic carbocycles. The molecule has 2 heteroatoms. The number of aliphatic hydroxyl groups is 1. The summed E-state index contributed by atoms with van der Waals surface area (Å²) in [6.07, 6.45) is 11.3. The second-order valence-electron chi connectivity index (χ2n) is 9.91. The molecule has 4 aliphatic rings. The molecule has 2 nitrogen and oxygen atoms in total. The normalized spacial score (nSPS) is 47.2. The summed E-state index contributed by atoms with van der Waals surface area (Å²) in [5, 5.41) is 11.4. The fourth-order valence-corrected chi connectivity index (χ4v) is 7.54. The molecule has 4 rings (SSSR count). The van der Waals surface area contributed by atoms with Gasteiger partial charge < -0.3 is 9.84 Å². The van der Waals surface area contributed by atoms with Gasteiger partial charge in [0, 0.05) is 6.42 Å². The first-order chi connectivity index (χ1) is 12.3. The Morgan fingerprint density at radius 2 is 2.12 bits per heavy atom. The van der Waals surface area contributed by atoms with Crippen LogP contribution in [-0.2, 0) is 4.74 Å². The van der Waals surface area contributed by atoms with Gasteiger partial charge in [-0.1, -0.05) is 32.1 Å². The van der Waals surface area contributed by atoms with Crippen LogP contribution >= 0.6 is 0 Å². The minimum atomic E-state index is -0.197. The molecule has 0 heterocycles. The molecule has 0 aliphatic heterocycles. The summed E-state index contributed by atoms with van der Waals surface area (Å²) in [6, 6.07) is 0. The summed E-state index contributed by atoms with van der Waals surface area (Å²) in [5.74, 6) is 3.45. The molecule has 0 unspecified atom stereocenters. The van der Waals surface area contributed by atoms with Crippen LogP contribution in [0.3, 0.4) is 0 Å². The van der Waals surface area contributed by atoms with E-state index in [1.165, 1.54) is 24.0 Å². The van der Waals surface area contributed by atoms with Gasteiger partial charge in [-0.05, 0) is 92.1 Å². The average molecular weight is 357 g/mol. The Labute approximate surface area is 159 Å². The highest BCUT2D eigenvalue weighted by Gasteiger charge is 2.61. The molecule has 7 atom stereocenters. The molecule has 0 amide bonds. The molecule has 0 spiro atoms. The van der Waals surface area contributed by atoms with Gasteiger partial charge in [0.15, 0.2) is 0 Å². The maximum absolute atomic E-state index is 11.4. The summed E-state index contributed by atoms with van der Waals surface area (Å²) in [5.41, 5.74) is 3.08. The van der Waals surface area contributed by atoms with E-state index in [0.717, 1.165) is 44.0 Å². The van der Waals surface area contributed by atoms with Crippen LogP contribution in [0.1, 0.15) is 66.2 Å². The van der Waals surface area contributed by atoms with E-state index >= 15 is 0 Å². The highest BCUT2D eigenvalue weighted by molar-refractivity contribution is 5.36. The Morgan fingerprint density at radius 3 is 2.81 bits per heavy atom. The smallest absolute Gasteiger partial charge is 0.0962 e. The van der Waals surface area contributed by atoms with Gasteiger partial charge in [0.05, 0.1) is 18.5 Å². The van der Waals surface area contributed by atoms with Crippen molar-refractivity contribution in [3.8, 4) is 0 Å². The molecule has 0 radical (unpaired) electrons. The van der Waals surface area contributed by atoms with Gasteiger partial charge in [-0.3, -0.25) is 0 Å². The van der Waals surface area contributed by atoms with Crippen LogP contribution in [0, 0.1) is 34.5 Å². The first-order valence-corrected chi connectivity index (χ1v) is 10.7. The molecular weight excluding hydrogens is 320 g/mol. The van der Waals surface area contributed by atoms with E-state index < -0.39 is 0 Å². The predicted molar refractivity (Wildman–Crippen MR) is 106 cm³/mol. The van der Waals surface area contributed by atoms with Crippen LogP contribution in [-0.4, -0.2) is 17.8 Å². The van der Waals surface area contributed by atoms with E-state index in [0.29, 0.717) is 17.8 Å². The van der Waals surface area contributed by atoms with Crippen LogP contribution in [0.5, 0.6) is 0 Å². The monoisotopic (exact) mass is 356 g/mol. The third-order valence-electron chi connectivity index (χ3n) is 8.59. The molecule has 26 heavy (non-hydrogen) atoms. The summed E-state index contributed by atoms with van der Waals surface area (Å²) in [6.45, 7) is 14.1. The maximum Gasteiger partial charge on any atom is 0.0962 e. The lowest BCUT2D eigenvalue weighted by Crippen LogP contribution is -2.55. The van der Waals surface area contributed by atoms with E-state index in [2.05, 4.69) is 46.4 Å². The first-order valence-electron chi connectivity index (χ1n) is 10.7. The number of rotatable bonds is 3. The lowest BCUT2D eigenvalue weighted by Gasteiger charge is -2.59. The fourth-order valence-electron chi connectivity index (χ4n) is 7.54. The Hall–Kier alpha value is -1.02. The quantitative estimate of drug-likeness (QED) is 0.663. The van der Waals surface area contributed by atoms with Crippen LogP contribution in [0.2, 0.25) is 0 Å². The SMILES string of the molecule is C=C(C)[C@H]1CC[C@H]2[C@@H]3CC=C4C=C(OCC)CC[C@]4(C)[C@H]3[C@@H](O)C[C@]12C. The number of fused-ring (bicyclic) bond motifs is 5. The Kier molecular flexibility index (Phi) is 4.42. The molecule has 0 aromatic heterocycles. The Bertz CT molecular complexity index is 659. The lowest BCUT2D eigenvalue weighted by atomic mass is 9.47. The van der Waals surface area contributed by atoms with E-state index in [-0.39, 0.29) is 16.9 Å². The molecule has 1 N–H and O–H groups in total. The van der Waals surface area contributed by atoms with Gasteiger partial charge in [0.1, 0.15) is 0 Å². The van der Waals surface area contributed by atoms with Crippen LogP contribution < -0.4 is 0 Å². The zero-order valence-corrected chi connectivity index (χ0v) is 17.1. The maximum atomic E-state index is 11.4. The van der Waals surface area contributed by atoms with Crippen molar-refractivity contribution >= 4 is 0 Å².